The molecule has 4 rings (SSSR count). The van der Waals surface area contributed by atoms with E-state index < -0.39 is 0 Å². The van der Waals surface area contributed by atoms with Crippen molar-refractivity contribution in [1.82, 2.24) is 15.2 Å². The Balaban J connectivity index is 1.76. The number of para-hydroxylation sites is 1. The van der Waals surface area contributed by atoms with Crippen LogP contribution >= 0.6 is 11.6 Å². The molecule has 0 aliphatic heterocycles. The zero-order valence-electron chi connectivity index (χ0n) is 14.3. The Morgan fingerprint density at radius 1 is 0.923 bits per heavy atom. The summed E-state index contributed by atoms with van der Waals surface area (Å²) in [5, 5.41) is 9.83. The summed E-state index contributed by atoms with van der Waals surface area (Å²) in [5.74, 6) is 0.773. The second kappa shape index (κ2) is 7.10. The molecule has 0 spiro atoms. The van der Waals surface area contributed by atoms with Crippen LogP contribution in [0.4, 0.5) is 5.82 Å². The maximum absolute atomic E-state index is 6.14. The Morgan fingerprint density at radius 2 is 1.69 bits per heavy atom. The summed E-state index contributed by atoms with van der Waals surface area (Å²) in [6.07, 6.45) is 1.86. The van der Waals surface area contributed by atoms with Crippen LogP contribution in [0.3, 0.4) is 0 Å². The summed E-state index contributed by atoms with van der Waals surface area (Å²) in [4.78, 5) is 6.63. The number of benzene rings is 2. The van der Waals surface area contributed by atoms with Gasteiger partial charge in [-0.1, -0.05) is 60.1 Å². The molecule has 2 aromatic heterocycles. The molecule has 0 amide bonds. The first-order valence-corrected chi connectivity index (χ1v) is 8.72. The van der Waals surface area contributed by atoms with Crippen molar-refractivity contribution >= 4 is 28.3 Å². The summed E-state index contributed by atoms with van der Waals surface area (Å²) in [5.41, 5.74) is 4.05. The molecule has 0 radical (unpaired) electrons. The Labute approximate surface area is 157 Å². The van der Waals surface area contributed by atoms with Gasteiger partial charge in [-0.3, -0.25) is 4.98 Å². The van der Waals surface area contributed by atoms with Gasteiger partial charge < -0.3 is 4.90 Å². The van der Waals surface area contributed by atoms with Crippen LogP contribution < -0.4 is 4.90 Å². The van der Waals surface area contributed by atoms with E-state index in [9.17, 15) is 0 Å². The quantitative estimate of drug-likeness (QED) is 0.514. The molecule has 2 aromatic carbocycles. The van der Waals surface area contributed by atoms with Crippen molar-refractivity contribution in [3.05, 3.63) is 83.6 Å². The van der Waals surface area contributed by atoms with Crippen molar-refractivity contribution in [1.29, 1.82) is 0 Å². The number of fused-ring (bicyclic) bond motifs is 1. The van der Waals surface area contributed by atoms with E-state index >= 15 is 0 Å². The van der Waals surface area contributed by atoms with Gasteiger partial charge in [0.2, 0.25) is 0 Å². The second-order valence-electron chi connectivity index (χ2n) is 6.16. The van der Waals surface area contributed by atoms with E-state index in [1.54, 1.807) is 0 Å². The molecule has 0 saturated heterocycles. The smallest absolute Gasteiger partial charge is 0.159 e. The zero-order valence-corrected chi connectivity index (χ0v) is 15.1. The highest BCUT2D eigenvalue weighted by Gasteiger charge is 2.14. The lowest BCUT2D eigenvalue weighted by Gasteiger charge is -2.21. The number of pyridine rings is 1. The van der Waals surface area contributed by atoms with E-state index in [4.69, 9.17) is 11.6 Å². The second-order valence-corrected chi connectivity index (χ2v) is 6.55. The minimum Gasteiger partial charge on any atom is -0.353 e. The molecular weight excluding hydrogens is 344 g/mol. The van der Waals surface area contributed by atoms with Gasteiger partial charge in [-0.15, -0.1) is 10.2 Å². The average molecular weight is 361 g/mol. The molecule has 2 heterocycles. The lowest BCUT2D eigenvalue weighted by Crippen LogP contribution is -2.19. The van der Waals surface area contributed by atoms with Crippen LogP contribution in [0.5, 0.6) is 0 Å². The number of anilines is 1. The third-order valence-electron chi connectivity index (χ3n) is 4.27. The molecule has 0 saturated carbocycles. The van der Waals surface area contributed by atoms with Gasteiger partial charge >= 0.3 is 0 Å². The Morgan fingerprint density at radius 3 is 2.54 bits per heavy atom. The van der Waals surface area contributed by atoms with Crippen LogP contribution in [0.15, 0.2) is 72.9 Å². The molecule has 128 valence electrons. The van der Waals surface area contributed by atoms with Gasteiger partial charge in [-0.05, 0) is 23.8 Å². The van der Waals surface area contributed by atoms with Crippen molar-refractivity contribution in [2.45, 2.75) is 6.54 Å². The summed E-state index contributed by atoms with van der Waals surface area (Å²) >= 11 is 6.14. The number of rotatable bonds is 4. The van der Waals surface area contributed by atoms with E-state index in [1.165, 1.54) is 5.56 Å². The fourth-order valence-electron chi connectivity index (χ4n) is 3.01. The highest BCUT2D eigenvalue weighted by molar-refractivity contribution is 6.29. The summed E-state index contributed by atoms with van der Waals surface area (Å²) in [7, 11) is 2.00. The molecule has 4 aromatic rings. The van der Waals surface area contributed by atoms with Crippen LogP contribution in [-0.2, 0) is 6.54 Å². The summed E-state index contributed by atoms with van der Waals surface area (Å²) in [6, 6.07) is 22.3. The number of aromatic nitrogens is 3. The van der Waals surface area contributed by atoms with Gasteiger partial charge in [0.25, 0.3) is 0 Å². The molecule has 0 bridgehead atoms. The molecule has 0 N–H and O–H groups in total. The van der Waals surface area contributed by atoms with Gasteiger partial charge in [0.05, 0.1) is 5.52 Å². The van der Waals surface area contributed by atoms with Crippen LogP contribution in [0.1, 0.15) is 5.56 Å². The fraction of sp³-hybridized carbons (Fsp3) is 0.0952. The van der Waals surface area contributed by atoms with Crippen molar-refractivity contribution in [2.75, 3.05) is 11.9 Å². The predicted octanol–water partition coefficient (Wildman–Crippen LogP) is 4.98. The lowest BCUT2D eigenvalue weighted by atomic mass is 10.1. The topological polar surface area (TPSA) is 41.9 Å². The third-order valence-corrected chi connectivity index (χ3v) is 4.45. The number of nitrogens with zero attached hydrogens (tertiary/aromatic N) is 4. The number of hydrogen-bond acceptors (Lipinski definition) is 4. The molecule has 0 fully saturated rings. The lowest BCUT2D eigenvalue weighted by molar-refractivity contribution is 0.868. The van der Waals surface area contributed by atoms with Gasteiger partial charge in [-0.2, -0.15) is 0 Å². The Kier molecular flexibility index (Phi) is 4.50. The van der Waals surface area contributed by atoms with Crippen LogP contribution in [0.2, 0.25) is 5.15 Å². The first kappa shape index (κ1) is 16.5. The normalized spacial score (nSPS) is 10.8. The van der Waals surface area contributed by atoms with Crippen molar-refractivity contribution in [3.8, 4) is 11.1 Å². The van der Waals surface area contributed by atoms with E-state index in [0.29, 0.717) is 5.15 Å². The SMILES string of the molecule is CN(Cc1ccccc1)c1nnc(Cl)cc1-c1cnc2ccccc2c1. The van der Waals surface area contributed by atoms with Gasteiger partial charge in [-0.25, -0.2) is 0 Å². The highest BCUT2D eigenvalue weighted by Crippen LogP contribution is 2.31. The minimum absolute atomic E-state index is 0.366. The van der Waals surface area contributed by atoms with Crippen molar-refractivity contribution in [2.24, 2.45) is 0 Å². The van der Waals surface area contributed by atoms with E-state index in [1.807, 2.05) is 55.7 Å². The molecule has 0 aliphatic carbocycles. The van der Waals surface area contributed by atoms with E-state index in [2.05, 4.69) is 44.3 Å². The monoisotopic (exact) mass is 360 g/mol. The molecule has 4 nitrogen and oxygen atoms in total. The standard InChI is InChI=1S/C21H17ClN4/c1-26(14-15-7-3-2-4-8-15)21-18(12-20(22)24-25-21)17-11-16-9-5-6-10-19(16)23-13-17/h2-13H,14H2,1H3. The van der Waals surface area contributed by atoms with Crippen molar-refractivity contribution < 1.29 is 0 Å². The third kappa shape index (κ3) is 3.37. The Hall–Kier alpha value is -2.98. The van der Waals surface area contributed by atoms with Gasteiger partial charge in [0.15, 0.2) is 11.0 Å². The first-order valence-electron chi connectivity index (χ1n) is 8.34. The molecule has 0 atom stereocenters. The predicted molar refractivity (Wildman–Crippen MR) is 106 cm³/mol. The highest BCUT2D eigenvalue weighted by atomic mass is 35.5. The first-order chi connectivity index (χ1) is 12.7. The van der Waals surface area contributed by atoms with Crippen LogP contribution in [-0.4, -0.2) is 22.2 Å². The van der Waals surface area contributed by atoms with Crippen LogP contribution in [0.25, 0.3) is 22.0 Å². The molecule has 26 heavy (non-hydrogen) atoms. The van der Waals surface area contributed by atoms with Gasteiger partial charge in [0, 0.05) is 36.3 Å². The largest absolute Gasteiger partial charge is 0.353 e. The maximum atomic E-state index is 6.14. The minimum atomic E-state index is 0.366. The Bertz CT molecular complexity index is 1050. The number of hydrogen-bond donors (Lipinski definition) is 0. The van der Waals surface area contributed by atoms with Crippen LogP contribution in [0, 0.1) is 0 Å². The maximum Gasteiger partial charge on any atom is 0.159 e. The number of halogens is 1. The summed E-state index contributed by atoms with van der Waals surface area (Å²) < 4.78 is 0. The zero-order chi connectivity index (χ0) is 17.9. The average Bonchev–Trinajstić information content (AvgIpc) is 2.68. The fourth-order valence-corrected chi connectivity index (χ4v) is 3.15. The van der Waals surface area contributed by atoms with E-state index in [0.717, 1.165) is 34.4 Å². The van der Waals surface area contributed by atoms with Gasteiger partial charge in [0.1, 0.15) is 0 Å². The molecule has 0 unspecified atom stereocenters. The molecular formula is C21H17ClN4. The molecule has 5 heteroatoms. The van der Waals surface area contributed by atoms with E-state index in [-0.39, 0.29) is 0 Å². The van der Waals surface area contributed by atoms with Crippen molar-refractivity contribution in [3.63, 3.8) is 0 Å². The molecule has 0 aliphatic rings. The summed E-state index contributed by atoms with van der Waals surface area (Å²) in [6.45, 7) is 0.727.